The Morgan fingerprint density at radius 2 is 1.85 bits per heavy atom. The van der Waals surface area contributed by atoms with Crippen LogP contribution >= 0.6 is 12.4 Å². The van der Waals surface area contributed by atoms with E-state index in [1.54, 1.807) is 15.8 Å². The normalized spacial score (nSPS) is 17.0. The number of carboxylic acids is 1. The number of nitrogens with zero attached hydrogens (tertiary/aromatic N) is 3. The van der Waals surface area contributed by atoms with Gasteiger partial charge in [-0.3, -0.25) is 9.59 Å². The minimum Gasteiger partial charge on any atom is -0.481 e. The second-order valence-electron chi connectivity index (χ2n) is 7.50. The Morgan fingerprint density at radius 3 is 2.38 bits per heavy atom. The molecule has 6 nitrogen and oxygen atoms in total. The maximum absolute atomic E-state index is 13.0. The molecule has 2 aromatic rings. The molecule has 0 aliphatic carbocycles. The lowest BCUT2D eigenvalue weighted by Gasteiger charge is -2.20. The van der Waals surface area contributed by atoms with Gasteiger partial charge in [-0.2, -0.15) is 5.10 Å². The number of hydrogen-bond acceptors (Lipinski definition) is 3. The molecule has 0 bridgehead atoms. The average Bonchev–Trinajstić information content (AvgIpc) is 3.22. The number of aromatic nitrogens is 2. The van der Waals surface area contributed by atoms with E-state index in [9.17, 15) is 9.59 Å². The van der Waals surface area contributed by atoms with Crippen LogP contribution in [-0.2, 0) is 10.2 Å². The van der Waals surface area contributed by atoms with Gasteiger partial charge in [0, 0.05) is 24.7 Å². The Hall–Kier alpha value is -2.34. The zero-order valence-electron chi connectivity index (χ0n) is 15.2. The maximum Gasteiger partial charge on any atom is 0.308 e. The fourth-order valence-electron chi connectivity index (χ4n) is 3.11. The number of para-hydroxylation sites is 1. The van der Waals surface area contributed by atoms with E-state index in [0.29, 0.717) is 18.5 Å². The average molecular weight is 378 g/mol. The molecule has 2 heterocycles. The van der Waals surface area contributed by atoms with E-state index in [-0.39, 0.29) is 30.3 Å². The molecule has 0 radical (unpaired) electrons. The number of rotatable bonds is 3. The second-order valence-corrected chi connectivity index (χ2v) is 7.50. The third-order valence-electron chi connectivity index (χ3n) is 4.50. The van der Waals surface area contributed by atoms with Gasteiger partial charge in [-0.15, -0.1) is 12.4 Å². The standard InChI is InChI=1S/C19H23N3O3.ClH/c1-19(2,3)16-15(12-22(20-16)14-7-5-4-6-8-14)17(23)21-10-9-13(11-21)18(24)25;/h4-8,12-13H,9-11H2,1-3H3,(H,24,25);1H. The Bertz CT molecular complexity index is 796. The third-order valence-corrected chi connectivity index (χ3v) is 4.50. The Kier molecular flexibility index (Phi) is 5.76. The number of aliphatic carboxylic acids is 1. The highest BCUT2D eigenvalue weighted by molar-refractivity contribution is 5.96. The van der Waals surface area contributed by atoms with Gasteiger partial charge in [0.1, 0.15) is 0 Å². The smallest absolute Gasteiger partial charge is 0.308 e. The zero-order valence-corrected chi connectivity index (χ0v) is 16.0. The summed E-state index contributed by atoms with van der Waals surface area (Å²) < 4.78 is 1.72. The number of carbonyl (C=O) groups is 2. The van der Waals surface area contributed by atoms with Gasteiger partial charge in [-0.1, -0.05) is 39.0 Å². The molecular formula is C19H24ClN3O3. The van der Waals surface area contributed by atoms with Crippen molar-refractivity contribution in [1.82, 2.24) is 14.7 Å². The molecule has 1 amide bonds. The molecule has 1 aromatic carbocycles. The number of likely N-dealkylation sites (tertiary alicyclic amines) is 1. The Balaban J connectivity index is 0.00000243. The van der Waals surface area contributed by atoms with E-state index < -0.39 is 11.9 Å². The maximum atomic E-state index is 13.0. The topological polar surface area (TPSA) is 75.4 Å². The Morgan fingerprint density at radius 1 is 1.19 bits per heavy atom. The van der Waals surface area contributed by atoms with Gasteiger partial charge in [-0.25, -0.2) is 4.68 Å². The first-order valence-electron chi connectivity index (χ1n) is 8.45. The van der Waals surface area contributed by atoms with E-state index in [1.165, 1.54) is 0 Å². The molecule has 140 valence electrons. The molecule has 1 aliphatic heterocycles. The molecule has 1 atom stereocenters. The summed E-state index contributed by atoms with van der Waals surface area (Å²) in [5.41, 5.74) is 1.86. The minimum absolute atomic E-state index is 0. The van der Waals surface area contributed by atoms with Gasteiger partial charge in [0.2, 0.25) is 0 Å². The van der Waals surface area contributed by atoms with Crippen molar-refractivity contribution < 1.29 is 14.7 Å². The number of carbonyl (C=O) groups excluding carboxylic acids is 1. The second kappa shape index (κ2) is 7.50. The fraction of sp³-hybridized carbons (Fsp3) is 0.421. The molecular weight excluding hydrogens is 354 g/mol. The number of benzene rings is 1. The summed E-state index contributed by atoms with van der Waals surface area (Å²) in [5.74, 6) is -1.46. The summed E-state index contributed by atoms with van der Waals surface area (Å²) in [6.07, 6.45) is 2.26. The first kappa shape index (κ1) is 20.0. The molecule has 1 fully saturated rings. The summed E-state index contributed by atoms with van der Waals surface area (Å²) >= 11 is 0. The zero-order chi connectivity index (χ0) is 18.2. The van der Waals surface area contributed by atoms with Crippen LogP contribution in [0.5, 0.6) is 0 Å². The molecule has 26 heavy (non-hydrogen) atoms. The minimum atomic E-state index is -0.841. The number of amides is 1. The Labute approximate surface area is 159 Å². The lowest BCUT2D eigenvalue weighted by molar-refractivity contribution is -0.141. The van der Waals surface area contributed by atoms with Crippen molar-refractivity contribution in [1.29, 1.82) is 0 Å². The lowest BCUT2D eigenvalue weighted by atomic mass is 9.89. The summed E-state index contributed by atoms with van der Waals surface area (Å²) in [7, 11) is 0. The van der Waals surface area contributed by atoms with Crippen LogP contribution in [0.2, 0.25) is 0 Å². The van der Waals surface area contributed by atoms with Crippen molar-refractivity contribution in [2.45, 2.75) is 32.6 Å². The number of halogens is 1. The van der Waals surface area contributed by atoms with Gasteiger partial charge in [-0.05, 0) is 18.6 Å². The quantitative estimate of drug-likeness (QED) is 0.891. The van der Waals surface area contributed by atoms with Crippen LogP contribution in [0.25, 0.3) is 5.69 Å². The highest BCUT2D eigenvalue weighted by Crippen LogP contribution is 2.28. The monoisotopic (exact) mass is 377 g/mol. The summed E-state index contributed by atoms with van der Waals surface area (Å²) in [6, 6.07) is 9.65. The van der Waals surface area contributed by atoms with E-state index in [4.69, 9.17) is 5.11 Å². The fourth-order valence-corrected chi connectivity index (χ4v) is 3.11. The van der Waals surface area contributed by atoms with Crippen molar-refractivity contribution >= 4 is 24.3 Å². The van der Waals surface area contributed by atoms with Crippen LogP contribution in [-0.4, -0.2) is 44.8 Å². The summed E-state index contributed by atoms with van der Waals surface area (Å²) in [4.78, 5) is 25.8. The first-order chi connectivity index (χ1) is 11.8. The number of carboxylic acid groups (broad SMARTS) is 1. The summed E-state index contributed by atoms with van der Waals surface area (Å²) in [5, 5.41) is 13.8. The van der Waals surface area contributed by atoms with Gasteiger partial charge in [0.05, 0.1) is 22.9 Å². The molecule has 0 spiro atoms. The molecule has 1 aliphatic rings. The molecule has 1 aromatic heterocycles. The lowest BCUT2D eigenvalue weighted by Crippen LogP contribution is -2.31. The molecule has 1 unspecified atom stereocenters. The van der Waals surface area contributed by atoms with Crippen molar-refractivity contribution in [2.75, 3.05) is 13.1 Å². The van der Waals surface area contributed by atoms with Crippen molar-refractivity contribution in [3.8, 4) is 5.69 Å². The van der Waals surface area contributed by atoms with Gasteiger partial charge in [0.15, 0.2) is 0 Å². The molecule has 1 saturated heterocycles. The molecule has 0 saturated carbocycles. The van der Waals surface area contributed by atoms with E-state index >= 15 is 0 Å². The van der Waals surface area contributed by atoms with E-state index in [1.807, 2.05) is 51.1 Å². The molecule has 1 N–H and O–H groups in total. The van der Waals surface area contributed by atoms with Crippen LogP contribution in [0.4, 0.5) is 0 Å². The van der Waals surface area contributed by atoms with Gasteiger partial charge < -0.3 is 10.0 Å². The third kappa shape index (κ3) is 3.90. The molecule has 3 rings (SSSR count). The van der Waals surface area contributed by atoms with E-state index in [2.05, 4.69) is 5.10 Å². The van der Waals surface area contributed by atoms with Crippen molar-refractivity contribution in [3.63, 3.8) is 0 Å². The summed E-state index contributed by atoms with van der Waals surface area (Å²) in [6.45, 7) is 6.78. The van der Waals surface area contributed by atoms with Crippen LogP contribution in [0.3, 0.4) is 0 Å². The first-order valence-corrected chi connectivity index (χ1v) is 8.45. The van der Waals surface area contributed by atoms with Crippen LogP contribution in [0, 0.1) is 5.92 Å². The highest BCUT2D eigenvalue weighted by Gasteiger charge is 2.34. The highest BCUT2D eigenvalue weighted by atomic mass is 35.5. The van der Waals surface area contributed by atoms with Gasteiger partial charge >= 0.3 is 5.97 Å². The predicted octanol–water partition coefficient (Wildman–Crippen LogP) is 3.14. The van der Waals surface area contributed by atoms with Crippen LogP contribution < -0.4 is 0 Å². The van der Waals surface area contributed by atoms with Gasteiger partial charge in [0.25, 0.3) is 5.91 Å². The number of hydrogen-bond donors (Lipinski definition) is 1. The predicted molar refractivity (Wildman–Crippen MR) is 101 cm³/mol. The van der Waals surface area contributed by atoms with Crippen LogP contribution in [0.1, 0.15) is 43.2 Å². The van der Waals surface area contributed by atoms with Crippen LogP contribution in [0.15, 0.2) is 36.5 Å². The molecule has 7 heteroatoms. The van der Waals surface area contributed by atoms with E-state index in [0.717, 1.165) is 11.4 Å². The van der Waals surface area contributed by atoms with Crippen molar-refractivity contribution in [2.24, 2.45) is 5.92 Å². The SMILES string of the molecule is CC(C)(C)c1nn(-c2ccccc2)cc1C(=O)N1CCC(C(=O)O)C1.Cl. The largest absolute Gasteiger partial charge is 0.481 e. The van der Waals surface area contributed by atoms with Crippen molar-refractivity contribution in [3.05, 3.63) is 47.8 Å².